The van der Waals surface area contributed by atoms with E-state index in [1.54, 1.807) is 0 Å². The predicted molar refractivity (Wildman–Crippen MR) is 105 cm³/mol. The highest BCUT2D eigenvalue weighted by Crippen LogP contribution is 2.31. The number of nitrogens with one attached hydrogen (secondary N) is 1. The number of hydrogen-bond donors (Lipinski definition) is 1. The fraction of sp³-hybridized carbons (Fsp3) is 0. The van der Waals surface area contributed by atoms with E-state index >= 15 is 0 Å². The Hall–Kier alpha value is -3.39. The minimum Gasteiger partial charge on any atom is -0.355 e. The summed E-state index contributed by atoms with van der Waals surface area (Å²) in [6, 6.07) is 33.1. The van der Waals surface area contributed by atoms with Gasteiger partial charge in [0.1, 0.15) is 0 Å². The molecule has 2 heteroatoms. The topological polar surface area (TPSA) is 24.9 Å². The van der Waals surface area contributed by atoms with E-state index in [9.17, 15) is 0 Å². The standard InChI is InChI=1S/C23H18N2/c1-2-8-20(9-3-1)25-23-12-5-4-10-21(23)18-13-15-19(16-14-18)22-11-6-7-17-24-22/h1-17,25H. The Morgan fingerprint density at radius 1 is 0.560 bits per heavy atom. The number of para-hydroxylation sites is 2. The summed E-state index contributed by atoms with van der Waals surface area (Å²) in [5.74, 6) is 0. The summed E-state index contributed by atoms with van der Waals surface area (Å²) < 4.78 is 0. The van der Waals surface area contributed by atoms with Crippen molar-refractivity contribution >= 4 is 11.4 Å². The molecule has 0 saturated carbocycles. The first-order chi connectivity index (χ1) is 12.4. The van der Waals surface area contributed by atoms with Crippen LogP contribution < -0.4 is 5.32 Å². The first-order valence-electron chi connectivity index (χ1n) is 8.33. The van der Waals surface area contributed by atoms with E-state index in [2.05, 4.69) is 71.0 Å². The molecule has 2 nitrogen and oxygen atoms in total. The van der Waals surface area contributed by atoms with Crippen molar-refractivity contribution in [3.05, 3.63) is 103 Å². The van der Waals surface area contributed by atoms with E-state index in [1.807, 2.05) is 42.6 Å². The molecule has 0 aliphatic rings. The molecular formula is C23H18N2. The fourth-order valence-electron chi connectivity index (χ4n) is 2.87. The summed E-state index contributed by atoms with van der Waals surface area (Å²) in [5.41, 5.74) is 6.65. The molecule has 0 unspecified atom stereocenters. The summed E-state index contributed by atoms with van der Waals surface area (Å²) in [6.45, 7) is 0. The number of rotatable bonds is 4. The zero-order valence-electron chi connectivity index (χ0n) is 13.8. The van der Waals surface area contributed by atoms with E-state index in [0.29, 0.717) is 0 Å². The molecule has 0 aliphatic carbocycles. The van der Waals surface area contributed by atoms with E-state index in [-0.39, 0.29) is 0 Å². The van der Waals surface area contributed by atoms with Crippen LogP contribution in [0.3, 0.4) is 0 Å². The van der Waals surface area contributed by atoms with E-state index < -0.39 is 0 Å². The lowest BCUT2D eigenvalue weighted by Crippen LogP contribution is -1.93. The molecule has 4 rings (SSSR count). The van der Waals surface area contributed by atoms with Gasteiger partial charge in [-0.3, -0.25) is 4.98 Å². The summed E-state index contributed by atoms with van der Waals surface area (Å²) in [7, 11) is 0. The molecule has 25 heavy (non-hydrogen) atoms. The van der Waals surface area contributed by atoms with Crippen molar-refractivity contribution in [2.45, 2.75) is 0 Å². The maximum Gasteiger partial charge on any atom is 0.0701 e. The van der Waals surface area contributed by atoms with Crippen molar-refractivity contribution in [1.29, 1.82) is 0 Å². The smallest absolute Gasteiger partial charge is 0.0701 e. The minimum atomic E-state index is 0.991. The van der Waals surface area contributed by atoms with Crippen molar-refractivity contribution in [2.24, 2.45) is 0 Å². The van der Waals surface area contributed by atoms with Crippen molar-refractivity contribution in [3.63, 3.8) is 0 Å². The minimum absolute atomic E-state index is 0.991. The lowest BCUT2D eigenvalue weighted by Gasteiger charge is -2.13. The Bertz CT molecular complexity index is 946. The quantitative estimate of drug-likeness (QED) is 0.487. The van der Waals surface area contributed by atoms with Crippen LogP contribution in [0.2, 0.25) is 0 Å². The molecule has 1 aromatic heterocycles. The van der Waals surface area contributed by atoms with E-state index in [0.717, 1.165) is 22.6 Å². The average Bonchev–Trinajstić information content (AvgIpc) is 2.70. The summed E-state index contributed by atoms with van der Waals surface area (Å²) in [6.07, 6.45) is 1.82. The Balaban J connectivity index is 1.66. The van der Waals surface area contributed by atoms with Gasteiger partial charge in [0, 0.05) is 28.7 Å². The molecule has 120 valence electrons. The molecule has 1 heterocycles. The third kappa shape index (κ3) is 3.43. The Morgan fingerprint density at radius 3 is 2.00 bits per heavy atom. The van der Waals surface area contributed by atoms with E-state index in [4.69, 9.17) is 0 Å². The SMILES string of the molecule is c1ccc(Nc2ccccc2-c2ccc(-c3ccccn3)cc2)cc1. The molecule has 3 aromatic carbocycles. The molecular weight excluding hydrogens is 304 g/mol. The van der Waals surface area contributed by atoms with Crippen molar-refractivity contribution in [2.75, 3.05) is 5.32 Å². The summed E-state index contributed by atoms with van der Waals surface area (Å²) >= 11 is 0. The third-order valence-electron chi connectivity index (χ3n) is 4.14. The van der Waals surface area contributed by atoms with Crippen LogP contribution in [0, 0.1) is 0 Å². The van der Waals surface area contributed by atoms with Gasteiger partial charge in [-0.25, -0.2) is 0 Å². The highest BCUT2D eigenvalue weighted by molar-refractivity contribution is 5.81. The molecule has 0 spiro atoms. The average molecular weight is 322 g/mol. The molecule has 4 aromatic rings. The molecule has 0 radical (unpaired) electrons. The zero-order valence-corrected chi connectivity index (χ0v) is 13.8. The fourth-order valence-corrected chi connectivity index (χ4v) is 2.87. The normalized spacial score (nSPS) is 10.4. The van der Waals surface area contributed by atoms with Crippen LogP contribution in [-0.2, 0) is 0 Å². The van der Waals surface area contributed by atoms with Crippen LogP contribution >= 0.6 is 0 Å². The molecule has 0 amide bonds. The maximum atomic E-state index is 4.41. The first kappa shape index (κ1) is 15.2. The van der Waals surface area contributed by atoms with Crippen LogP contribution in [0.15, 0.2) is 103 Å². The lowest BCUT2D eigenvalue weighted by atomic mass is 10.0. The molecule has 0 atom stereocenters. The van der Waals surface area contributed by atoms with Crippen LogP contribution in [-0.4, -0.2) is 4.98 Å². The van der Waals surface area contributed by atoms with Crippen molar-refractivity contribution in [3.8, 4) is 22.4 Å². The largest absolute Gasteiger partial charge is 0.355 e. The number of benzene rings is 3. The van der Waals surface area contributed by atoms with Crippen LogP contribution in [0.1, 0.15) is 0 Å². The molecule has 0 aliphatic heterocycles. The Kier molecular flexibility index (Phi) is 4.25. The number of aromatic nitrogens is 1. The summed E-state index contributed by atoms with van der Waals surface area (Å²) in [5, 5.41) is 3.50. The second-order valence-electron chi connectivity index (χ2n) is 5.83. The molecule has 0 saturated heterocycles. The third-order valence-corrected chi connectivity index (χ3v) is 4.14. The van der Waals surface area contributed by atoms with Crippen LogP contribution in [0.5, 0.6) is 0 Å². The lowest BCUT2D eigenvalue weighted by molar-refractivity contribution is 1.33. The highest BCUT2D eigenvalue weighted by Gasteiger charge is 2.06. The van der Waals surface area contributed by atoms with Gasteiger partial charge in [-0.1, -0.05) is 66.7 Å². The van der Waals surface area contributed by atoms with Crippen molar-refractivity contribution in [1.82, 2.24) is 4.98 Å². The first-order valence-corrected chi connectivity index (χ1v) is 8.33. The van der Waals surface area contributed by atoms with Gasteiger partial charge in [-0.2, -0.15) is 0 Å². The van der Waals surface area contributed by atoms with Gasteiger partial charge in [0.15, 0.2) is 0 Å². The Morgan fingerprint density at radius 2 is 1.24 bits per heavy atom. The number of hydrogen-bond acceptors (Lipinski definition) is 2. The predicted octanol–water partition coefficient (Wildman–Crippen LogP) is 6.16. The van der Waals surface area contributed by atoms with Gasteiger partial charge in [0.2, 0.25) is 0 Å². The van der Waals surface area contributed by atoms with Gasteiger partial charge >= 0.3 is 0 Å². The molecule has 1 N–H and O–H groups in total. The van der Waals surface area contributed by atoms with Gasteiger partial charge < -0.3 is 5.32 Å². The maximum absolute atomic E-state index is 4.41. The summed E-state index contributed by atoms with van der Waals surface area (Å²) in [4.78, 5) is 4.41. The van der Waals surface area contributed by atoms with E-state index in [1.165, 1.54) is 11.1 Å². The number of nitrogens with zero attached hydrogens (tertiary/aromatic N) is 1. The Labute approximate surface area is 147 Å². The van der Waals surface area contributed by atoms with Gasteiger partial charge in [-0.15, -0.1) is 0 Å². The second kappa shape index (κ2) is 7.02. The molecule has 0 bridgehead atoms. The van der Waals surface area contributed by atoms with Gasteiger partial charge in [0.25, 0.3) is 0 Å². The van der Waals surface area contributed by atoms with Gasteiger partial charge in [-0.05, 0) is 35.9 Å². The second-order valence-corrected chi connectivity index (χ2v) is 5.83. The van der Waals surface area contributed by atoms with Crippen LogP contribution in [0.25, 0.3) is 22.4 Å². The number of anilines is 2. The zero-order chi connectivity index (χ0) is 16.9. The van der Waals surface area contributed by atoms with Crippen LogP contribution in [0.4, 0.5) is 11.4 Å². The van der Waals surface area contributed by atoms with Gasteiger partial charge in [0.05, 0.1) is 5.69 Å². The number of pyridine rings is 1. The van der Waals surface area contributed by atoms with Crippen molar-refractivity contribution < 1.29 is 0 Å². The monoisotopic (exact) mass is 322 g/mol. The highest BCUT2D eigenvalue weighted by atomic mass is 14.9. The molecule has 0 fully saturated rings.